The van der Waals surface area contributed by atoms with Gasteiger partial charge in [-0.2, -0.15) is 5.10 Å². The molecule has 14 heavy (non-hydrogen) atoms. The highest BCUT2D eigenvalue weighted by molar-refractivity contribution is 4.99. The van der Waals surface area contributed by atoms with Crippen LogP contribution in [0.5, 0.6) is 0 Å². The normalized spacial score (nSPS) is 14.4. The van der Waals surface area contributed by atoms with E-state index in [1.165, 1.54) is 5.69 Å². The molecule has 1 heterocycles. The highest BCUT2D eigenvalue weighted by atomic mass is 15.3. The standard InChI is InChI=1S/C11H21N3/c1-9(11(2,3)4)12-8-10-6-7-13-14(10)5/h6-7,9,12H,8H2,1-5H3. The zero-order valence-corrected chi connectivity index (χ0v) is 9.83. The molecular weight excluding hydrogens is 174 g/mol. The van der Waals surface area contributed by atoms with Crippen LogP contribution in [-0.2, 0) is 13.6 Å². The van der Waals surface area contributed by atoms with Crippen molar-refractivity contribution in [3.63, 3.8) is 0 Å². The van der Waals surface area contributed by atoms with Gasteiger partial charge in [0.1, 0.15) is 0 Å². The van der Waals surface area contributed by atoms with Gasteiger partial charge in [0.25, 0.3) is 0 Å². The molecule has 1 aromatic rings. The molecule has 1 N–H and O–H groups in total. The molecule has 0 radical (unpaired) electrons. The lowest BCUT2D eigenvalue weighted by atomic mass is 9.88. The number of aryl methyl sites for hydroxylation is 1. The smallest absolute Gasteiger partial charge is 0.0518 e. The Morgan fingerprint density at radius 2 is 2.14 bits per heavy atom. The Bertz CT molecular complexity index is 283. The van der Waals surface area contributed by atoms with Gasteiger partial charge in [0, 0.05) is 25.8 Å². The summed E-state index contributed by atoms with van der Waals surface area (Å²) in [5, 5.41) is 7.64. The molecule has 0 amide bonds. The highest BCUT2D eigenvalue weighted by Gasteiger charge is 2.19. The molecular formula is C11H21N3. The molecule has 0 aliphatic carbocycles. The molecule has 1 unspecified atom stereocenters. The van der Waals surface area contributed by atoms with Crippen molar-refractivity contribution in [2.24, 2.45) is 12.5 Å². The fourth-order valence-electron chi connectivity index (χ4n) is 1.14. The van der Waals surface area contributed by atoms with Crippen LogP contribution in [0.4, 0.5) is 0 Å². The van der Waals surface area contributed by atoms with Gasteiger partial charge < -0.3 is 5.32 Å². The van der Waals surface area contributed by atoms with Gasteiger partial charge in [-0.1, -0.05) is 20.8 Å². The average molecular weight is 195 g/mol. The van der Waals surface area contributed by atoms with Gasteiger partial charge >= 0.3 is 0 Å². The van der Waals surface area contributed by atoms with Crippen LogP contribution in [0.2, 0.25) is 0 Å². The Balaban J connectivity index is 2.46. The molecule has 0 aliphatic rings. The molecule has 0 saturated heterocycles. The van der Waals surface area contributed by atoms with Crippen molar-refractivity contribution in [1.82, 2.24) is 15.1 Å². The molecule has 3 nitrogen and oxygen atoms in total. The summed E-state index contributed by atoms with van der Waals surface area (Å²) < 4.78 is 1.91. The van der Waals surface area contributed by atoms with Crippen LogP contribution in [0.1, 0.15) is 33.4 Å². The second kappa shape index (κ2) is 4.13. The zero-order chi connectivity index (χ0) is 10.8. The summed E-state index contributed by atoms with van der Waals surface area (Å²) >= 11 is 0. The summed E-state index contributed by atoms with van der Waals surface area (Å²) in [6.45, 7) is 9.83. The van der Waals surface area contributed by atoms with E-state index < -0.39 is 0 Å². The molecule has 80 valence electrons. The molecule has 0 bridgehead atoms. The van der Waals surface area contributed by atoms with Gasteiger partial charge in [-0.3, -0.25) is 4.68 Å². The summed E-state index contributed by atoms with van der Waals surface area (Å²) in [5.41, 5.74) is 1.53. The van der Waals surface area contributed by atoms with E-state index in [0.29, 0.717) is 11.5 Å². The predicted molar refractivity (Wildman–Crippen MR) is 59.0 cm³/mol. The van der Waals surface area contributed by atoms with Crippen LogP contribution in [0, 0.1) is 5.41 Å². The minimum Gasteiger partial charge on any atom is -0.308 e. The van der Waals surface area contributed by atoms with Crippen molar-refractivity contribution in [3.05, 3.63) is 18.0 Å². The topological polar surface area (TPSA) is 29.9 Å². The van der Waals surface area contributed by atoms with E-state index in [9.17, 15) is 0 Å². The monoisotopic (exact) mass is 195 g/mol. The van der Waals surface area contributed by atoms with E-state index in [1.54, 1.807) is 0 Å². The number of hydrogen-bond donors (Lipinski definition) is 1. The molecule has 0 aromatic carbocycles. The van der Waals surface area contributed by atoms with Crippen LogP contribution in [0.25, 0.3) is 0 Å². The van der Waals surface area contributed by atoms with E-state index in [-0.39, 0.29) is 0 Å². The van der Waals surface area contributed by atoms with Gasteiger partial charge in [-0.05, 0) is 18.4 Å². The summed E-state index contributed by atoms with van der Waals surface area (Å²) in [4.78, 5) is 0. The van der Waals surface area contributed by atoms with Crippen molar-refractivity contribution in [2.45, 2.75) is 40.3 Å². The minimum atomic E-state index is 0.304. The second-order valence-corrected chi connectivity index (χ2v) is 4.91. The van der Waals surface area contributed by atoms with Gasteiger partial charge in [0.05, 0.1) is 5.69 Å². The lowest BCUT2D eigenvalue weighted by molar-refractivity contribution is 0.283. The second-order valence-electron chi connectivity index (χ2n) is 4.91. The number of hydrogen-bond acceptors (Lipinski definition) is 2. The molecule has 0 saturated carbocycles. The van der Waals surface area contributed by atoms with Gasteiger partial charge in [-0.15, -0.1) is 0 Å². The first-order valence-corrected chi connectivity index (χ1v) is 5.11. The van der Waals surface area contributed by atoms with Crippen molar-refractivity contribution in [3.8, 4) is 0 Å². The number of nitrogens with zero attached hydrogens (tertiary/aromatic N) is 2. The van der Waals surface area contributed by atoms with Crippen LogP contribution >= 0.6 is 0 Å². The summed E-state index contributed by atoms with van der Waals surface area (Å²) in [6, 6.07) is 2.54. The third-order valence-electron chi connectivity index (χ3n) is 2.81. The van der Waals surface area contributed by atoms with Crippen LogP contribution in [-0.4, -0.2) is 15.8 Å². The van der Waals surface area contributed by atoms with Gasteiger partial charge in [0.15, 0.2) is 0 Å². The number of rotatable bonds is 3. The van der Waals surface area contributed by atoms with Crippen LogP contribution < -0.4 is 5.32 Å². The van der Waals surface area contributed by atoms with Crippen molar-refractivity contribution in [2.75, 3.05) is 0 Å². The fraction of sp³-hybridized carbons (Fsp3) is 0.727. The SMILES string of the molecule is CC(NCc1ccnn1C)C(C)(C)C. The Hall–Kier alpha value is -0.830. The van der Waals surface area contributed by atoms with Crippen molar-refractivity contribution in [1.29, 1.82) is 0 Å². The predicted octanol–water partition coefficient (Wildman–Crippen LogP) is 1.94. The van der Waals surface area contributed by atoms with Crippen molar-refractivity contribution < 1.29 is 0 Å². The molecule has 1 atom stereocenters. The molecule has 0 fully saturated rings. The van der Waals surface area contributed by atoms with E-state index >= 15 is 0 Å². The van der Waals surface area contributed by atoms with Crippen molar-refractivity contribution >= 4 is 0 Å². The maximum atomic E-state index is 4.13. The minimum absolute atomic E-state index is 0.304. The summed E-state index contributed by atoms with van der Waals surface area (Å²) in [7, 11) is 1.97. The highest BCUT2D eigenvalue weighted by Crippen LogP contribution is 2.18. The number of aromatic nitrogens is 2. The molecule has 1 rings (SSSR count). The maximum Gasteiger partial charge on any atom is 0.0518 e. The zero-order valence-electron chi connectivity index (χ0n) is 9.83. The largest absolute Gasteiger partial charge is 0.308 e. The van der Waals surface area contributed by atoms with Gasteiger partial charge in [0.2, 0.25) is 0 Å². The third-order valence-corrected chi connectivity index (χ3v) is 2.81. The maximum absolute atomic E-state index is 4.13. The van der Waals surface area contributed by atoms with Crippen LogP contribution in [0.3, 0.4) is 0 Å². The Kier molecular flexibility index (Phi) is 3.32. The fourth-order valence-corrected chi connectivity index (χ4v) is 1.14. The van der Waals surface area contributed by atoms with E-state index in [2.05, 4.69) is 38.1 Å². The molecule has 1 aromatic heterocycles. The van der Waals surface area contributed by atoms with Crippen LogP contribution in [0.15, 0.2) is 12.3 Å². The average Bonchev–Trinajstić information content (AvgIpc) is 2.45. The first kappa shape index (κ1) is 11.2. The quantitative estimate of drug-likeness (QED) is 0.799. The lowest BCUT2D eigenvalue weighted by Crippen LogP contribution is -2.37. The lowest BCUT2D eigenvalue weighted by Gasteiger charge is -2.28. The molecule has 0 aliphatic heterocycles. The van der Waals surface area contributed by atoms with E-state index in [1.807, 2.05) is 24.0 Å². The van der Waals surface area contributed by atoms with E-state index in [0.717, 1.165) is 6.54 Å². The summed E-state index contributed by atoms with van der Waals surface area (Å²) in [5.74, 6) is 0. The van der Waals surface area contributed by atoms with Gasteiger partial charge in [-0.25, -0.2) is 0 Å². The Morgan fingerprint density at radius 3 is 2.57 bits per heavy atom. The molecule has 0 spiro atoms. The Labute approximate surface area is 86.5 Å². The summed E-state index contributed by atoms with van der Waals surface area (Å²) in [6.07, 6.45) is 1.83. The third kappa shape index (κ3) is 2.84. The number of nitrogens with one attached hydrogen (secondary N) is 1. The Morgan fingerprint density at radius 1 is 1.50 bits per heavy atom. The molecule has 3 heteroatoms. The first-order valence-electron chi connectivity index (χ1n) is 5.11. The van der Waals surface area contributed by atoms with E-state index in [4.69, 9.17) is 0 Å². The first-order chi connectivity index (χ1) is 6.41.